The highest BCUT2D eigenvalue weighted by Crippen LogP contribution is 2.27. The van der Waals surface area contributed by atoms with Crippen molar-refractivity contribution in [2.24, 2.45) is 0 Å². The summed E-state index contributed by atoms with van der Waals surface area (Å²) in [5.41, 5.74) is 6.30. The standard InChI is InChI=1S/C14H21NO4/c1-14(2,18-4)8-9-19-12-10(13(16)17-3)6-5-7-11(12)15/h5-7H,8-9,15H2,1-4H3. The molecule has 0 saturated heterocycles. The molecular weight excluding hydrogens is 246 g/mol. The molecule has 0 heterocycles. The molecule has 0 bridgehead atoms. The van der Waals surface area contributed by atoms with Crippen LogP contribution in [0.2, 0.25) is 0 Å². The van der Waals surface area contributed by atoms with Crippen LogP contribution in [0.25, 0.3) is 0 Å². The summed E-state index contributed by atoms with van der Waals surface area (Å²) < 4.78 is 15.6. The van der Waals surface area contributed by atoms with E-state index in [0.717, 1.165) is 0 Å². The molecule has 0 unspecified atom stereocenters. The molecule has 1 aromatic rings. The monoisotopic (exact) mass is 267 g/mol. The van der Waals surface area contributed by atoms with Crippen LogP contribution < -0.4 is 10.5 Å². The number of carbonyl (C=O) groups excluding carboxylic acids is 1. The van der Waals surface area contributed by atoms with Crippen molar-refractivity contribution in [1.82, 2.24) is 0 Å². The number of nitrogens with two attached hydrogens (primary N) is 1. The minimum absolute atomic E-state index is 0.283. The number of hydrogen-bond donors (Lipinski definition) is 1. The Morgan fingerprint density at radius 3 is 2.58 bits per heavy atom. The Hall–Kier alpha value is -1.75. The largest absolute Gasteiger partial charge is 0.490 e. The van der Waals surface area contributed by atoms with E-state index in [2.05, 4.69) is 0 Å². The van der Waals surface area contributed by atoms with Crippen LogP contribution in [0.15, 0.2) is 18.2 Å². The molecule has 0 aliphatic carbocycles. The summed E-state index contributed by atoms with van der Waals surface area (Å²) in [4.78, 5) is 11.6. The summed E-state index contributed by atoms with van der Waals surface area (Å²) in [6, 6.07) is 5.00. The minimum atomic E-state index is -0.465. The second-order valence-electron chi connectivity index (χ2n) is 4.78. The number of hydrogen-bond acceptors (Lipinski definition) is 5. The van der Waals surface area contributed by atoms with Crippen LogP contribution in [0.3, 0.4) is 0 Å². The van der Waals surface area contributed by atoms with E-state index < -0.39 is 5.97 Å². The average molecular weight is 267 g/mol. The van der Waals surface area contributed by atoms with Crippen molar-refractivity contribution in [3.8, 4) is 5.75 Å². The van der Waals surface area contributed by atoms with E-state index in [1.807, 2.05) is 13.8 Å². The number of ether oxygens (including phenoxy) is 3. The van der Waals surface area contributed by atoms with Gasteiger partial charge in [-0.2, -0.15) is 0 Å². The molecule has 0 aliphatic rings. The van der Waals surface area contributed by atoms with Crippen LogP contribution in [-0.2, 0) is 9.47 Å². The zero-order chi connectivity index (χ0) is 14.5. The fourth-order valence-electron chi connectivity index (χ4n) is 1.49. The van der Waals surface area contributed by atoms with Gasteiger partial charge in [0.05, 0.1) is 25.0 Å². The van der Waals surface area contributed by atoms with Gasteiger partial charge < -0.3 is 19.9 Å². The Morgan fingerprint density at radius 2 is 2.00 bits per heavy atom. The second-order valence-corrected chi connectivity index (χ2v) is 4.78. The number of para-hydroxylation sites is 1. The van der Waals surface area contributed by atoms with Crippen molar-refractivity contribution in [2.45, 2.75) is 25.9 Å². The predicted molar refractivity (Wildman–Crippen MR) is 73.4 cm³/mol. The first kappa shape index (κ1) is 15.3. The summed E-state index contributed by atoms with van der Waals surface area (Å²) in [5, 5.41) is 0. The predicted octanol–water partition coefficient (Wildman–Crippen LogP) is 2.25. The van der Waals surface area contributed by atoms with Crippen molar-refractivity contribution < 1.29 is 19.0 Å². The molecule has 0 fully saturated rings. The molecule has 0 aliphatic heterocycles. The number of anilines is 1. The fraction of sp³-hybridized carbons (Fsp3) is 0.500. The number of rotatable bonds is 6. The number of methoxy groups -OCH3 is 2. The summed E-state index contributed by atoms with van der Waals surface area (Å²) in [5.74, 6) is -0.102. The van der Waals surface area contributed by atoms with Crippen LogP contribution in [0.5, 0.6) is 5.75 Å². The Labute approximate surface area is 113 Å². The maximum absolute atomic E-state index is 11.6. The average Bonchev–Trinajstić information content (AvgIpc) is 2.39. The molecule has 19 heavy (non-hydrogen) atoms. The molecule has 106 valence electrons. The van der Waals surface area contributed by atoms with Crippen LogP contribution in [0, 0.1) is 0 Å². The summed E-state index contributed by atoms with van der Waals surface area (Å²) in [6.45, 7) is 4.33. The lowest BCUT2D eigenvalue weighted by Crippen LogP contribution is -2.25. The molecule has 0 atom stereocenters. The first-order chi connectivity index (χ1) is 8.91. The zero-order valence-electron chi connectivity index (χ0n) is 11.9. The van der Waals surface area contributed by atoms with E-state index in [1.165, 1.54) is 7.11 Å². The van der Waals surface area contributed by atoms with Gasteiger partial charge in [0.1, 0.15) is 5.56 Å². The molecule has 0 amide bonds. The smallest absolute Gasteiger partial charge is 0.341 e. The Kier molecular flexibility index (Phi) is 5.18. The lowest BCUT2D eigenvalue weighted by molar-refractivity contribution is 0.00541. The van der Waals surface area contributed by atoms with E-state index in [4.69, 9.17) is 19.9 Å². The van der Waals surface area contributed by atoms with Gasteiger partial charge in [-0.3, -0.25) is 0 Å². The molecule has 1 aromatic carbocycles. The first-order valence-electron chi connectivity index (χ1n) is 6.06. The fourth-order valence-corrected chi connectivity index (χ4v) is 1.49. The van der Waals surface area contributed by atoms with E-state index in [1.54, 1.807) is 25.3 Å². The molecular formula is C14H21NO4. The molecule has 0 saturated carbocycles. The van der Waals surface area contributed by atoms with Gasteiger partial charge in [-0.25, -0.2) is 4.79 Å². The van der Waals surface area contributed by atoms with E-state index in [9.17, 15) is 4.79 Å². The highest BCUT2D eigenvalue weighted by atomic mass is 16.5. The van der Waals surface area contributed by atoms with E-state index in [-0.39, 0.29) is 5.60 Å². The third-order valence-corrected chi connectivity index (χ3v) is 2.95. The maximum atomic E-state index is 11.6. The molecule has 0 aromatic heterocycles. The SMILES string of the molecule is COC(=O)c1cccc(N)c1OCCC(C)(C)OC. The Balaban J connectivity index is 2.80. The van der Waals surface area contributed by atoms with Crippen molar-refractivity contribution in [3.05, 3.63) is 23.8 Å². The summed E-state index contributed by atoms with van der Waals surface area (Å²) in [6.07, 6.45) is 0.679. The zero-order valence-corrected chi connectivity index (χ0v) is 11.9. The number of carbonyl (C=O) groups is 1. The third kappa shape index (κ3) is 4.13. The van der Waals surface area contributed by atoms with Crippen molar-refractivity contribution in [2.75, 3.05) is 26.6 Å². The quantitative estimate of drug-likeness (QED) is 0.632. The number of nitrogen functional groups attached to an aromatic ring is 1. The molecule has 0 radical (unpaired) electrons. The molecule has 5 nitrogen and oxygen atoms in total. The van der Waals surface area contributed by atoms with Gasteiger partial charge in [-0.1, -0.05) is 6.07 Å². The topological polar surface area (TPSA) is 70.8 Å². The number of esters is 1. The maximum Gasteiger partial charge on any atom is 0.341 e. The Morgan fingerprint density at radius 1 is 1.32 bits per heavy atom. The lowest BCUT2D eigenvalue weighted by Gasteiger charge is -2.23. The second kappa shape index (κ2) is 6.43. The summed E-state index contributed by atoms with van der Waals surface area (Å²) in [7, 11) is 2.97. The van der Waals surface area contributed by atoms with E-state index >= 15 is 0 Å². The van der Waals surface area contributed by atoms with Crippen molar-refractivity contribution >= 4 is 11.7 Å². The van der Waals surface area contributed by atoms with Crippen LogP contribution in [0.1, 0.15) is 30.6 Å². The highest BCUT2D eigenvalue weighted by Gasteiger charge is 2.19. The van der Waals surface area contributed by atoms with Gasteiger partial charge in [0.2, 0.25) is 0 Å². The van der Waals surface area contributed by atoms with Crippen molar-refractivity contribution in [3.63, 3.8) is 0 Å². The van der Waals surface area contributed by atoms with Gasteiger partial charge >= 0.3 is 5.97 Å². The first-order valence-corrected chi connectivity index (χ1v) is 6.06. The van der Waals surface area contributed by atoms with Crippen LogP contribution in [0.4, 0.5) is 5.69 Å². The van der Waals surface area contributed by atoms with Crippen molar-refractivity contribution in [1.29, 1.82) is 0 Å². The minimum Gasteiger partial charge on any atom is -0.490 e. The normalized spacial score (nSPS) is 11.2. The van der Waals surface area contributed by atoms with E-state index in [0.29, 0.717) is 30.0 Å². The molecule has 1 rings (SSSR count). The highest BCUT2D eigenvalue weighted by molar-refractivity contribution is 5.94. The van der Waals surface area contributed by atoms with Crippen LogP contribution >= 0.6 is 0 Å². The third-order valence-electron chi connectivity index (χ3n) is 2.95. The van der Waals surface area contributed by atoms with Gasteiger partial charge in [0.25, 0.3) is 0 Å². The lowest BCUT2D eigenvalue weighted by atomic mass is 10.1. The van der Waals surface area contributed by atoms with Gasteiger partial charge in [0.15, 0.2) is 5.75 Å². The Bertz CT molecular complexity index is 443. The summed E-state index contributed by atoms with van der Waals surface area (Å²) >= 11 is 0. The van der Waals surface area contributed by atoms with Gasteiger partial charge in [0, 0.05) is 13.5 Å². The molecule has 2 N–H and O–H groups in total. The molecule has 0 spiro atoms. The van der Waals surface area contributed by atoms with Crippen LogP contribution in [-0.4, -0.2) is 32.4 Å². The van der Waals surface area contributed by atoms with Gasteiger partial charge in [-0.05, 0) is 26.0 Å². The molecule has 5 heteroatoms. The van der Waals surface area contributed by atoms with Gasteiger partial charge in [-0.15, -0.1) is 0 Å². The number of benzene rings is 1.